The van der Waals surface area contributed by atoms with Gasteiger partial charge in [0.05, 0.1) is 28.2 Å². The van der Waals surface area contributed by atoms with Gasteiger partial charge in [-0.3, -0.25) is 4.79 Å². The Morgan fingerprint density at radius 3 is 2.77 bits per heavy atom. The standard InChI is InChI=1S/C15H19ClN4O.ClH/c1-11-12(15(21)18-9-5-4-8-17)10-19-20(11)14-7-3-2-6-13(14)16;/h2-3,6-7,10H,4-5,8-9,17H2,1H3,(H,18,21);1H. The minimum absolute atomic E-state index is 0. The zero-order chi connectivity index (χ0) is 15.2. The molecule has 1 aromatic heterocycles. The van der Waals surface area contributed by atoms with Crippen LogP contribution >= 0.6 is 24.0 Å². The van der Waals surface area contributed by atoms with E-state index in [-0.39, 0.29) is 18.3 Å². The van der Waals surface area contributed by atoms with Crippen LogP contribution in [0.5, 0.6) is 0 Å². The predicted molar refractivity (Wildman–Crippen MR) is 91.2 cm³/mol. The van der Waals surface area contributed by atoms with Crippen LogP contribution in [-0.4, -0.2) is 28.8 Å². The maximum absolute atomic E-state index is 12.1. The third-order valence-corrected chi connectivity index (χ3v) is 3.57. The summed E-state index contributed by atoms with van der Waals surface area (Å²) >= 11 is 6.16. The highest BCUT2D eigenvalue weighted by Crippen LogP contribution is 2.21. The Bertz CT molecular complexity index is 628. The number of para-hydroxylation sites is 1. The Kier molecular flexibility index (Phi) is 7.38. The third kappa shape index (κ3) is 4.22. The zero-order valence-electron chi connectivity index (χ0n) is 12.4. The molecule has 0 aliphatic rings. The van der Waals surface area contributed by atoms with Crippen molar-refractivity contribution in [1.29, 1.82) is 0 Å². The van der Waals surface area contributed by atoms with E-state index < -0.39 is 0 Å². The third-order valence-electron chi connectivity index (χ3n) is 3.25. The number of unbranched alkanes of at least 4 members (excludes halogenated alkanes) is 1. The second-order valence-electron chi connectivity index (χ2n) is 4.76. The van der Waals surface area contributed by atoms with Gasteiger partial charge in [-0.15, -0.1) is 12.4 Å². The van der Waals surface area contributed by atoms with Gasteiger partial charge in [-0.25, -0.2) is 4.68 Å². The molecule has 0 radical (unpaired) electrons. The second-order valence-corrected chi connectivity index (χ2v) is 5.17. The fourth-order valence-corrected chi connectivity index (χ4v) is 2.28. The van der Waals surface area contributed by atoms with Crippen molar-refractivity contribution in [3.05, 3.63) is 46.7 Å². The Hall–Kier alpha value is -1.56. The Morgan fingerprint density at radius 2 is 2.09 bits per heavy atom. The molecule has 1 aromatic carbocycles. The van der Waals surface area contributed by atoms with Crippen LogP contribution in [-0.2, 0) is 0 Å². The molecular formula is C15H20Cl2N4O. The molecule has 0 spiro atoms. The van der Waals surface area contributed by atoms with Crippen LogP contribution in [0, 0.1) is 6.92 Å². The smallest absolute Gasteiger partial charge is 0.254 e. The summed E-state index contributed by atoms with van der Waals surface area (Å²) in [5.74, 6) is -0.122. The summed E-state index contributed by atoms with van der Waals surface area (Å²) in [6, 6.07) is 7.40. The molecule has 0 aliphatic carbocycles. The topological polar surface area (TPSA) is 72.9 Å². The summed E-state index contributed by atoms with van der Waals surface area (Å²) in [5.41, 5.74) is 7.51. The van der Waals surface area contributed by atoms with E-state index in [0.29, 0.717) is 23.7 Å². The lowest BCUT2D eigenvalue weighted by Gasteiger charge is -2.07. The molecule has 120 valence electrons. The van der Waals surface area contributed by atoms with E-state index >= 15 is 0 Å². The highest BCUT2D eigenvalue weighted by molar-refractivity contribution is 6.32. The number of amides is 1. The molecule has 22 heavy (non-hydrogen) atoms. The molecule has 0 saturated heterocycles. The van der Waals surface area contributed by atoms with Crippen LogP contribution < -0.4 is 11.1 Å². The van der Waals surface area contributed by atoms with Crippen molar-refractivity contribution < 1.29 is 4.79 Å². The molecule has 0 atom stereocenters. The fourth-order valence-electron chi connectivity index (χ4n) is 2.07. The Balaban J connectivity index is 0.00000242. The van der Waals surface area contributed by atoms with Crippen molar-refractivity contribution in [2.24, 2.45) is 5.73 Å². The molecule has 0 saturated carbocycles. The molecule has 2 aromatic rings. The molecular weight excluding hydrogens is 323 g/mol. The molecule has 7 heteroatoms. The first kappa shape index (κ1) is 18.5. The highest BCUT2D eigenvalue weighted by Gasteiger charge is 2.15. The number of carbonyl (C=O) groups is 1. The van der Waals surface area contributed by atoms with Crippen LogP contribution in [0.3, 0.4) is 0 Å². The number of nitrogens with one attached hydrogen (secondary N) is 1. The summed E-state index contributed by atoms with van der Waals surface area (Å²) in [7, 11) is 0. The van der Waals surface area contributed by atoms with Crippen molar-refractivity contribution in [3.8, 4) is 5.69 Å². The lowest BCUT2D eigenvalue weighted by Crippen LogP contribution is -2.25. The van der Waals surface area contributed by atoms with Crippen molar-refractivity contribution in [2.75, 3.05) is 13.1 Å². The van der Waals surface area contributed by atoms with Gasteiger partial charge in [0, 0.05) is 6.54 Å². The van der Waals surface area contributed by atoms with E-state index in [1.54, 1.807) is 16.9 Å². The molecule has 3 N–H and O–H groups in total. The van der Waals surface area contributed by atoms with Crippen molar-refractivity contribution in [2.45, 2.75) is 19.8 Å². The van der Waals surface area contributed by atoms with Crippen molar-refractivity contribution in [3.63, 3.8) is 0 Å². The van der Waals surface area contributed by atoms with Crippen molar-refractivity contribution in [1.82, 2.24) is 15.1 Å². The molecule has 2 rings (SSSR count). The molecule has 0 bridgehead atoms. The maximum Gasteiger partial charge on any atom is 0.254 e. The van der Waals surface area contributed by atoms with E-state index in [9.17, 15) is 4.79 Å². The maximum atomic E-state index is 12.1. The number of halogens is 2. The number of nitrogens with zero attached hydrogens (tertiary/aromatic N) is 2. The lowest BCUT2D eigenvalue weighted by molar-refractivity contribution is 0.0952. The molecule has 1 heterocycles. The van der Waals surface area contributed by atoms with Crippen LogP contribution in [0.1, 0.15) is 28.9 Å². The van der Waals surface area contributed by atoms with Gasteiger partial charge >= 0.3 is 0 Å². The zero-order valence-corrected chi connectivity index (χ0v) is 14.0. The summed E-state index contributed by atoms with van der Waals surface area (Å²) in [4.78, 5) is 12.1. The minimum Gasteiger partial charge on any atom is -0.352 e. The summed E-state index contributed by atoms with van der Waals surface area (Å²) in [5, 5.41) is 7.73. The van der Waals surface area contributed by atoms with Crippen LogP contribution in [0.4, 0.5) is 0 Å². The number of hydrogen-bond donors (Lipinski definition) is 2. The number of aromatic nitrogens is 2. The first-order valence-electron chi connectivity index (χ1n) is 6.93. The quantitative estimate of drug-likeness (QED) is 0.792. The van der Waals surface area contributed by atoms with Crippen molar-refractivity contribution >= 4 is 29.9 Å². The second kappa shape index (κ2) is 8.78. The van der Waals surface area contributed by atoms with Crippen LogP contribution in [0.15, 0.2) is 30.5 Å². The number of hydrogen-bond acceptors (Lipinski definition) is 3. The van der Waals surface area contributed by atoms with Gasteiger partial charge in [0.1, 0.15) is 0 Å². The van der Waals surface area contributed by atoms with E-state index in [2.05, 4.69) is 10.4 Å². The predicted octanol–water partition coefficient (Wildman–Crippen LogP) is 2.72. The van der Waals surface area contributed by atoms with Crippen LogP contribution in [0.2, 0.25) is 5.02 Å². The van der Waals surface area contributed by atoms with Gasteiger partial charge in [-0.2, -0.15) is 5.10 Å². The lowest BCUT2D eigenvalue weighted by atomic mass is 10.2. The Morgan fingerprint density at radius 1 is 1.36 bits per heavy atom. The molecule has 0 unspecified atom stereocenters. The number of rotatable bonds is 6. The number of benzene rings is 1. The average Bonchev–Trinajstić information content (AvgIpc) is 2.86. The molecule has 1 amide bonds. The summed E-state index contributed by atoms with van der Waals surface area (Å²) in [6.45, 7) is 3.11. The SMILES string of the molecule is Cc1c(C(=O)NCCCCN)cnn1-c1ccccc1Cl.Cl. The van der Waals surface area contributed by atoms with Gasteiger partial charge in [0.2, 0.25) is 0 Å². The molecule has 0 aliphatic heterocycles. The van der Waals surface area contributed by atoms with E-state index in [1.165, 1.54) is 0 Å². The van der Waals surface area contributed by atoms with E-state index in [1.807, 2.05) is 25.1 Å². The number of carbonyl (C=O) groups excluding carboxylic acids is 1. The summed E-state index contributed by atoms with van der Waals surface area (Å²) in [6.07, 6.45) is 3.34. The monoisotopic (exact) mass is 342 g/mol. The van der Waals surface area contributed by atoms with Gasteiger partial charge in [0.25, 0.3) is 5.91 Å². The fraction of sp³-hybridized carbons (Fsp3) is 0.333. The van der Waals surface area contributed by atoms with Gasteiger partial charge in [0.15, 0.2) is 0 Å². The van der Waals surface area contributed by atoms with Gasteiger partial charge in [-0.1, -0.05) is 23.7 Å². The summed E-state index contributed by atoms with van der Waals surface area (Å²) < 4.78 is 1.68. The van der Waals surface area contributed by atoms with Gasteiger partial charge in [-0.05, 0) is 38.4 Å². The van der Waals surface area contributed by atoms with E-state index in [4.69, 9.17) is 17.3 Å². The Labute approximate surface area is 141 Å². The van der Waals surface area contributed by atoms with E-state index in [0.717, 1.165) is 24.2 Å². The molecule has 0 fully saturated rings. The van der Waals surface area contributed by atoms with Gasteiger partial charge < -0.3 is 11.1 Å². The first-order valence-corrected chi connectivity index (χ1v) is 7.30. The van der Waals surface area contributed by atoms with Crippen LogP contribution in [0.25, 0.3) is 5.69 Å². The largest absolute Gasteiger partial charge is 0.352 e. The highest BCUT2D eigenvalue weighted by atomic mass is 35.5. The normalized spacial score (nSPS) is 10.1. The first-order chi connectivity index (χ1) is 10.1. The number of nitrogens with two attached hydrogens (primary N) is 1. The molecule has 5 nitrogen and oxygen atoms in total. The average molecular weight is 343 g/mol. The minimum atomic E-state index is -0.122.